The second-order valence-electron chi connectivity index (χ2n) is 8.05. The molecule has 2 aromatic carbocycles. The zero-order valence-corrected chi connectivity index (χ0v) is 16.3. The van der Waals surface area contributed by atoms with E-state index in [4.69, 9.17) is 0 Å². The molecule has 2 aliphatic carbocycles. The lowest BCUT2D eigenvalue weighted by atomic mass is 9.68. The van der Waals surface area contributed by atoms with Gasteiger partial charge in [0.2, 0.25) is 0 Å². The fourth-order valence-corrected chi connectivity index (χ4v) is 4.54. The molecule has 0 amide bonds. The molecule has 30 heavy (non-hydrogen) atoms. The molecule has 0 bridgehead atoms. The van der Waals surface area contributed by atoms with Crippen molar-refractivity contribution in [2.24, 2.45) is 11.1 Å². The van der Waals surface area contributed by atoms with E-state index in [0.29, 0.717) is 23.4 Å². The molecule has 0 radical (unpaired) electrons. The van der Waals surface area contributed by atoms with Crippen LogP contribution in [-0.2, 0) is 11.8 Å². The van der Waals surface area contributed by atoms with Gasteiger partial charge in [-0.05, 0) is 36.1 Å². The van der Waals surface area contributed by atoms with Gasteiger partial charge in [0.25, 0.3) is 0 Å². The van der Waals surface area contributed by atoms with Crippen molar-refractivity contribution in [3.8, 4) is 0 Å². The van der Waals surface area contributed by atoms with Crippen LogP contribution in [0.25, 0.3) is 6.08 Å². The molecule has 3 aromatic rings. The molecule has 2 aliphatic rings. The monoisotopic (exact) mass is 405 g/mol. The quantitative estimate of drug-likeness (QED) is 0.355. The minimum absolute atomic E-state index is 0.225. The third kappa shape index (κ3) is 2.86. The van der Waals surface area contributed by atoms with Crippen molar-refractivity contribution in [3.63, 3.8) is 0 Å². The van der Waals surface area contributed by atoms with E-state index >= 15 is 0 Å². The predicted octanol–water partition coefficient (Wildman–Crippen LogP) is 5.22. The molecule has 4 nitrogen and oxygen atoms in total. The van der Waals surface area contributed by atoms with Gasteiger partial charge in [-0.1, -0.05) is 60.1 Å². The number of aromatic amines is 1. The number of hydrogen-bond acceptors (Lipinski definition) is 3. The van der Waals surface area contributed by atoms with Crippen molar-refractivity contribution in [1.82, 2.24) is 10.2 Å². The highest BCUT2D eigenvalue weighted by Gasteiger charge is 2.38. The average Bonchev–Trinajstić information content (AvgIpc) is 3.15. The fraction of sp³-hybridized carbons (Fsp3) is 0.250. The highest BCUT2D eigenvalue weighted by Crippen LogP contribution is 2.43. The van der Waals surface area contributed by atoms with Crippen molar-refractivity contribution >= 4 is 11.8 Å². The highest BCUT2D eigenvalue weighted by atomic mass is 19.2. The number of benzene rings is 2. The summed E-state index contributed by atoms with van der Waals surface area (Å²) in [5.74, 6) is -1.51. The molecule has 1 saturated carbocycles. The molecule has 6 heteroatoms. The Morgan fingerprint density at radius 2 is 1.87 bits per heavy atom. The van der Waals surface area contributed by atoms with Gasteiger partial charge in [-0.3, -0.25) is 5.10 Å². The van der Waals surface area contributed by atoms with Crippen LogP contribution in [0.4, 0.5) is 8.78 Å². The SMILES string of the molecule is O/N=C(/c1n[nH]c2c1C=CC(c1ccccc1)(c1ccc(F)c(F)c1)C2)C1CCC1. The lowest BCUT2D eigenvalue weighted by Gasteiger charge is -2.34. The zero-order chi connectivity index (χ0) is 20.7. The topological polar surface area (TPSA) is 61.3 Å². The summed E-state index contributed by atoms with van der Waals surface area (Å²) in [5.41, 5.74) is 4.03. The first-order valence-electron chi connectivity index (χ1n) is 10.1. The molecule has 2 N–H and O–H groups in total. The molecular formula is C24H21F2N3O. The van der Waals surface area contributed by atoms with E-state index in [2.05, 4.69) is 15.4 Å². The Morgan fingerprint density at radius 3 is 2.53 bits per heavy atom. The van der Waals surface area contributed by atoms with Crippen LogP contribution in [0.1, 0.15) is 47.3 Å². The largest absolute Gasteiger partial charge is 0.411 e. The van der Waals surface area contributed by atoms with Crippen LogP contribution in [0.2, 0.25) is 0 Å². The summed E-state index contributed by atoms with van der Waals surface area (Å²) in [5, 5.41) is 20.7. The van der Waals surface area contributed by atoms with Crippen LogP contribution in [-0.4, -0.2) is 21.1 Å². The Labute approximate surface area is 173 Å². The summed E-state index contributed by atoms with van der Waals surface area (Å²) >= 11 is 0. The highest BCUT2D eigenvalue weighted by molar-refractivity contribution is 6.04. The fourth-order valence-electron chi connectivity index (χ4n) is 4.54. The number of aromatic nitrogens is 2. The molecule has 152 valence electrons. The number of halogens is 2. The summed E-state index contributed by atoms with van der Waals surface area (Å²) in [6.07, 6.45) is 7.59. The van der Waals surface area contributed by atoms with Gasteiger partial charge in [0.1, 0.15) is 11.4 Å². The van der Waals surface area contributed by atoms with Crippen molar-refractivity contribution in [1.29, 1.82) is 0 Å². The van der Waals surface area contributed by atoms with Gasteiger partial charge in [0, 0.05) is 29.0 Å². The normalized spacial score (nSPS) is 21.3. The van der Waals surface area contributed by atoms with Crippen molar-refractivity contribution < 1.29 is 14.0 Å². The van der Waals surface area contributed by atoms with Crippen molar-refractivity contribution in [2.75, 3.05) is 0 Å². The minimum Gasteiger partial charge on any atom is -0.411 e. The van der Waals surface area contributed by atoms with Gasteiger partial charge in [0.05, 0.1) is 0 Å². The Hall–Kier alpha value is -3.28. The number of nitrogens with one attached hydrogen (secondary N) is 1. The van der Waals surface area contributed by atoms with Crippen LogP contribution in [0.5, 0.6) is 0 Å². The van der Waals surface area contributed by atoms with E-state index in [0.717, 1.165) is 36.1 Å². The summed E-state index contributed by atoms with van der Waals surface area (Å²) in [7, 11) is 0. The molecular weight excluding hydrogens is 384 g/mol. The molecule has 0 saturated heterocycles. The summed E-state index contributed by atoms with van der Waals surface area (Å²) in [6, 6.07) is 13.8. The number of allylic oxidation sites excluding steroid dienone is 1. The summed E-state index contributed by atoms with van der Waals surface area (Å²) in [6.45, 7) is 0. The van der Waals surface area contributed by atoms with Gasteiger partial charge in [-0.2, -0.15) is 5.10 Å². The standard InChI is InChI=1S/C24H21F2N3O/c25-19-10-9-17(13-20(19)26)24(16-7-2-1-3-8-16)12-11-18-21(14-24)27-28-23(18)22(29-30)15-5-4-6-15/h1-3,7-13,15,30H,4-6,14H2,(H,27,28)/b29-22+. The number of H-pyrrole nitrogens is 1. The summed E-state index contributed by atoms with van der Waals surface area (Å²) in [4.78, 5) is 0. The second-order valence-corrected chi connectivity index (χ2v) is 8.05. The van der Waals surface area contributed by atoms with Gasteiger partial charge in [-0.25, -0.2) is 8.78 Å². The first-order chi connectivity index (χ1) is 14.6. The predicted molar refractivity (Wildman–Crippen MR) is 111 cm³/mol. The summed E-state index contributed by atoms with van der Waals surface area (Å²) < 4.78 is 27.8. The first-order valence-corrected chi connectivity index (χ1v) is 10.1. The van der Waals surface area contributed by atoms with E-state index in [-0.39, 0.29) is 5.92 Å². The molecule has 1 aromatic heterocycles. The molecule has 1 fully saturated rings. The van der Waals surface area contributed by atoms with E-state index in [1.54, 1.807) is 6.07 Å². The lowest BCUT2D eigenvalue weighted by molar-refractivity contribution is 0.305. The maximum atomic E-state index is 14.1. The van der Waals surface area contributed by atoms with E-state index in [1.165, 1.54) is 12.1 Å². The van der Waals surface area contributed by atoms with Crippen molar-refractivity contribution in [3.05, 3.63) is 94.3 Å². The number of nitrogens with zero attached hydrogens (tertiary/aromatic N) is 2. The molecule has 1 unspecified atom stereocenters. The number of hydrogen-bond donors (Lipinski definition) is 2. The van der Waals surface area contributed by atoms with Gasteiger partial charge in [-0.15, -0.1) is 0 Å². The van der Waals surface area contributed by atoms with Crippen molar-refractivity contribution in [2.45, 2.75) is 31.1 Å². The Bertz CT molecular complexity index is 1150. The smallest absolute Gasteiger partial charge is 0.159 e. The van der Waals surface area contributed by atoms with Crippen LogP contribution in [0.15, 0.2) is 59.8 Å². The third-order valence-corrected chi connectivity index (χ3v) is 6.44. The number of oxime groups is 1. The third-order valence-electron chi connectivity index (χ3n) is 6.44. The Morgan fingerprint density at radius 1 is 1.07 bits per heavy atom. The molecule has 0 aliphatic heterocycles. The average molecular weight is 405 g/mol. The lowest BCUT2D eigenvalue weighted by Crippen LogP contribution is -2.31. The van der Waals surface area contributed by atoms with Gasteiger partial charge in [0.15, 0.2) is 11.6 Å². The van der Waals surface area contributed by atoms with Crippen LogP contribution in [0.3, 0.4) is 0 Å². The second kappa shape index (κ2) is 7.20. The number of fused-ring (bicyclic) bond motifs is 1. The first kappa shape index (κ1) is 18.7. The van der Waals surface area contributed by atoms with Crippen LogP contribution < -0.4 is 0 Å². The molecule has 5 rings (SSSR count). The van der Waals surface area contributed by atoms with Crippen LogP contribution >= 0.6 is 0 Å². The minimum atomic E-state index is -0.869. The molecule has 1 atom stereocenters. The van der Waals surface area contributed by atoms with E-state index < -0.39 is 17.0 Å². The Kier molecular flexibility index (Phi) is 4.50. The molecule has 0 spiro atoms. The molecule has 1 heterocycles. The van der Waals surface area contributed by atoms with Gasteiger partial charge < -0.3 is 5.21 Å². The van der Waals surface area contributed by atoms with Crippen LogP contribution in [0, 0.1) is 17.6 Å². The zero-order valence-electron chi connectivity index (χ0n) is 16.3. The number of rotatable bonds is 4. The van der Waals surface area contributed by atoms with E-state index in [9.17, 15) is 14.0 Å². The maximum Gasteiger partial charge on any atom is 0.159 e. The van der Waals surface area contributed by atoms with Gasteiger partial charge >= 0.3 is 0 Å². The Balaban J connectivity index is 1.63. The maximum absolute atomic E-state index is 14.1. The van der Waals surface area contributed by atoms with E-state index in [1.807, 2.05) is 42.5 Å².